The van der Waals surface area contributed by atoms with Gasteiger partial charge < -0.3 is 14.5 Å². The molecular formula is C22H25N7O2. The minimum atomic E-state index is -0.0196. The molecule has 2 saturated heterocycles. The monoisotopic (exact) mass is 419 g/mol. The molecule has 0 saturated carbocycles. The van der Waals surface area contributed by atoms with Crippen LogP contribution in [0.4, 0.5) is 5.95 Å². The molecule has 0 aliphatic carbocycles. The van der Waals surface area contributed by atoms with E-state index in [1.807, 2.05) is 43.0 Å². The normalized spacial score (nSPS) is 20.2. The molecule has 1 aromatic carbocycles. The predicted molar refractivity (Wildman–Crippen MR) is 115 cm³/mol. The van der Waals surface area contributed by atoms with Crippen LogP contribution in [0.15, 0.2) is 36.7 Å². The van der Waals surface area contributed by atoms with Crippen LogP contribution in [-0.2, 0) is 0 Å². The molecule has 2 aromatic heterocycles. The van der Waals surface area contributed by atoms with E-state index in [4.69, 9.17) is 4.74 Å². The highest BCUT2D eigenvalue weighted by Crippen LogP contribution is 2.36. The first-order valence-electron chi connectivity index (χ1n) is 10.5. The summed E-state index contributed by atoms with van der Waals surface area (Å²) in [6, 6.07) is 7.60. The van der Waals surface area contributed by atoms with Crippen molar-refractivity contribution in [2.24, 2.45) is 5.92 Å². The highest BCUT2D eigenvalue weighted by atomic mass is 16.5. The molecular weight excluding hydrogens is 394 g/mol. The zero-order chi connectivity index (χ0) is 21.5. The van der Waals surface area contributed by atoms with Gasteiger partial charge in [-0.3, -0.25) is 4.79 Å². The molecule has 31 heavy (non-hydrogen) atoms. The predicted octanol–water partition coefficient (Wildman–Crippen LogP) is 2.03. The van der Waals surface area contributed by atoms with E-state index in [-0.39, 0.29) is 11.9 Å². The Balaban J connectivity index is 1.42. The number of hydrogen-bond acceptors (Lipinski definition) is 7. The van der Waals surface area contributed by atoms with Gasteiger partial charge in [0.15, 0.2) is 0 Å². The third-order valence-electron chi connectivity index (χ3n) is 6.17. The van der Waals surface area contributed by atoms with Gasteiger partial charge in [0.25, 0.3) is 5.91 Å². The molecule has 4 heterocycles. The molecule has 0 N–H and O–H groups in total. The van der Waals surface area contributed by atoms with Crippen molar-refractivity contribution in [2.45, 2.75) is 26.3 Å². The van der Waals surface area contributed by atoms with Gasteiger partial charge in [-0.05, 0) is 38.5 Å². The number of carbonyl (C=O) groups excluding carboxylic acids is 1. The number of ether oxygens (including phenoxy) is 1. The minimum absolute atomic E-state index is 0.0196. The van der Waals surface area contributed by atoms with Crippen molar-refractivity contribution in [1.82, 2.24) is 29.9 Å². The Labute approximate surface area is 180 Å². The topological polar surface area (TPSA) is 89.3 Å². The molecule has 2 aliphatic heterocycles. The molecule has 3 aromatic rings. The maximum Gasteiger partial charge on any atom is 0.256 e. The van der Waals surface area contributed by atoms with Gasteiger partial charge in [-0.25, -0.2) is 14.6 Å². The van der Waals surface area contributed by atoms with Crippen molar-refractivity contribution in [1.29, 1.82) is 0 Å². The van der Waals surface area contributed by atoms with Gasteiger partial charge in [-0.15, -0.1) is 5.10 Å². The Morgan fingerprint density at radius 1 is 1.16 bits per heavy atom. The number of fused-ring (bicyclic) bond motifs is 1. The zero-order valence-electron chi connectivity index (χ0n) is 17.9. The maximum absolute atomic E-state index is 13.6. The van der Waals surface area contributed by atoms with Crippen LogP contribution in [0.2, 0.25) is 0 Å². The van der Waals surface area contributed by atoms with E-state index in [2.05, 4.69) is 25.2 Å². The number of likely N-dealkylation sites (tertiary alicyclic amines) is 1. The van der Waals surface area contributed by atoms with Gasteiger partial charge in [-0.1, -0.05) is 11.3 Å². The maximum atomic E-state index is 13.6. The van der Waals surface area contributed by atoms with Crippen molar-refractivity contribution in [2.75, 3.05) is 31.6 Å². The van der Waals surface area contributed by atoms with Crippen LogP contribution in [0.25, 0.3) is 5.69 Å². The fraction of sp³-hybridized carbons (Fsp3) is 0.409. The number of amides is 1. The number of nitrogens with zero attached hydrogens (tertiary/aromatic N) is 7. The lowest BCUT2D eigenvalue weighted by Crippen LogP contribution is -2.66. The van der Waals surface area contributed by atoms with Gasteiger partial charge in [0.1, 0.15) is 11.4 Å². The van der Waals surface area contributed by atoms with Gasteiger partial charge in [-0.2, -0.15) is 0 Å². The van der Waals surface area contributed by atoms with Gasteiger partial charge in [0, 0.05) is 36.9 Å². The molecule has 9 heteroatoms. The number of carbonyl (C=O) groups is 1. The number of para-hydroxylation sites is 1. The van der Waals surface area contributed by atoms with E-state index in [1.54, 1.807) is 24.2 Å². The molecule has 0 bridgehead atoms. The van der Waals surface area contributed by atoms with Crippen LogP contribution < -0.4 is 9.64 Å². The summed E-state index contributed by atoms with van der Waals surface area (Å²) in [6.07, 6.45) is 4.33. The van der Waals surface area contributed by atoms with E-state index in [9.17, 15) is 4.79 Å². The van der Waals surface area contributed by atoms with Gasteiger partial charge in [0.2, 0.25) is 5.95 Å². The second-order valence-corrected chi connectivity index (χ2v) is 8.17. The summed E-state index contributed by atoms with van der Waals surface area (Å²) in [5, 5.41) is 7.97. The fourth-order valence-corrected chi connectivity index (χ4v) is 4.64. The lowest BCUT2D eigenvalue weighted by Gasteiger charge is -2.53. The van der Waals surface area contributed by atoms with Crippen LogP contribution in [0.3, 0.4) is 0 Å². The van der Waals surface area contributed by atoms with E-state index in [0.717, 1.165) is 43.4 Å². The van der Waals surface area contributed by atoms with E-state index < -0.39 is 0 Å². The average Bonchev–Trinajstić information content (AvgIpc) is 3.27. The highest BCUT2D eigenvalue weighted by molar-refractivity contribution is 5.99. The van der Waals surface area contributed by atoms with Crippen molar-refractivity contribution >= 4 is 11.9 Å². The Bertz CT molecular complexity index is 1090. The first-order valence-corrected chi connectivity index (χ1v) is 10.5. The number of aromatic nitrogens is 5. The first kappa shape index (κ1) is 19.5. The quantitative estimate of drug-likeness (QED) is 0.639. The largest absolute Gasteiger partial charge is 0.494 e. The summed E-state index contributed by atoms with van der Waals surface area (Å²) in [5.41, 5.74) is 3.09. The summed E-state index contributed by atoms with van der Waals surface area (Å²) in [7, 11) is 1.59. The second kappa shape index (κ2) is 7.64. The molecule has 2 aliphatic rings. The summed E-state index contributed by atoms with van der Waals surface area (Å²) in [5.74, 6) is 1.82. The number of piperidine rings is 1. The SMILES string of the molecule is COc1cccc(C(=O)N2C[C@H]3CCN(c4nc(C)cc(C)n4)C[C@H]32)c1-n1ccnn1. The third-order valence-corrected chi connectivity index (χ3v) is 6.17. The van der Waals surface area contributed by atoms with Crippen LogP contribution in [0.1, 0.15) is 28.2 Å². The Hall–Kier alpha value is -3.49. The number of aryl methyl sites for hydroxylation is 2. The molecule has 0 radical (unpaired) electrons. The lowest BCUT2D eigenvalue weighted by atomic mass is 9.81. The molecule has 9 nitrogen and oxygen atoms in total. The number of anilines is 1. The van der Waals surface area contributed by atoms with Crippen molar-refractivity contribution in [3.63, 3.8) is 0 Å². The molecule has 160 valence electrons. The fourth-order valence-electron chi connectivity index (χ4n) is 4.64. The molecule has 2 fully saturated rings. The summed E-state index contributed by atoms with van der Waals surface area (Å²) in [4.78, 5) is 27.0. The molecule has 5 rings (SSSR count). The number of methoxy groups -OCH3 is 1. The number of benzene rings is 1. The van der Waals surface area contributed by atoms with Crippen molar-refractivity contribution < 1.29 is 9.53 Å². The zero-order valence-corrected chi connectivity index (χ0v) is 17.9. The standard InChI is InChI=1S/C22H25N7O2/c1-14-11-15(2)25-22(24-14)27-9-7-16-12-28(18(16)13-27)21(30)17-5-4-6-19(31-3)20(17)29-10-8-23-26-29/h4-6,8,10-11,16,18H,7,9,12-13H2,1-3H3/t16-,18-/m1/s1. The second-order valence-electron chi connectivity index (χ2n) is 8.17. The number of hydrogen-bond donors (Lipinski definition) is 0. The first-order chi connectivity index (χ1) is 15.0. The summed E-state index contributed by atoms with van der Waals surface area (Å²) < 4.78 is 7.09. The Morgan fingerprint density at radius 2 is 1.97 bits per heavy atom. The molecule has 1 amide bonds. The van der Waals surface area contributed by atoms with Crippen LogP contribution in [0, 0.1) is 19.8 Å². The molecule has 2 atom stereocenters. The summed E-state index contributed by atoms with van der Waals surface area (Å²) in [6.45, 7) is 6.38. The van der Waals surface area contributed by atoms with Gasteiger partial charge >= 0.3 is 0 Å². The van der Waals surface area contributed by atoms with Crippen molar-refractivity contribution in [3.8, 4) is 11.4 Å². The third kappa shape index (κ3) is 3.39. The highest BCUT2D eigenvalue weighted by Gasteiger charge is 2.46. The van der Waals surface area contributed by atoms with E-state index in [0.29, 0.717) is 22.9 Å². The smallest absolute Gasteiger partial charge is 0.256 e. The van der Waals surface area contributed by atoms with Crippen LogP contribution in [-0.4, -0.2) is 68.6 Å². The average molecular weight is 419 g/mol. The van der Waals surface area contributed by atoms with E-state index >= 15 is 0 Å². The summed E-state index contributed by atoms with van der Waals surface area (Å²) >= 11 is 0. The van der Waals surface area contributed by atoms with Gasteiger partial charge in [0.05, 0.1) is 31.1 Å². The Morgan fingerprint density at radius 3 is 2.68 bits per heavy atom. The van der Waals surface area contributed by atoms with Crippen molar-refractivity contribution in [3.05, 3.63) is 53.6 Å². The van der Waals surface area contributed by atoms with Crippen LogP contribution >= 0.6 is 0 Å². The minimum Gasteiger partial charge on any atom is -0.494 e. The lowest BCUT2D eigenvalue weighted by molar-refractivity contribution is 0.00764. The number of rotatable bonds is 4. The molecule has 0 unspecified atom stereocenters. The Kier molecular flexibility index (Phi) is 4.80. The van der Waals surface area contributed by atoms with Crippen LogP contribution in [0.5, 0.6) is 5.75 Å². The molecule has 0 spiro atoms. The van der Waals surface area contributed by atoms with E-state index in [1.165, 1.54) is 0 Å².